The van der Waals surface area contributed by atoms with Gasteiger partial charge in [-0.3, -0.25) is 29.0 Å². The second-order valence-electron chi connectivity index (χ2n) is 12.5. The van der Waals surface area contributed by atoms with E-state index in [2.05, 4.69) is 5.32 Å². The summed E-state index contributed by atoms with van der Waals surface area (Å²) >= 11 is 1.29. The number of benzene rings is 1. The second-order valence-corrected chi connectivity index (χ2v) is 13.7. The maximum absolute atomic E-state index is 14.2. The lowest BCUT2D eigenvalue weighted by Gasteiger charge is -2.62. The number of carbonyl (C=O) groups excluding carboxylic acids is 5. The number of nitrogens with zero attached hydrogens (tertiary/aromatic N) is 2. The van der Waals surface area contributed by atoms with Crippen LogP contribution < -0.4 is 19.5 Å². The first kappa shape index (κ1) is 31.7. The Kier molecular flexibility index (Phi) is 7.65. The molecule has 1 aromatic carbocycles. The average Bonchev–Trinajstić information content (AvgIpc) is 3.51. The Hall–Kier alpha value is -3.92. The number of Topliss-reactive ketones (excluding diaryl/α,β-unsaturated/α-hetero) is 2. The van der Waals surface area contributed by atoms with Crippen molar-refractivity contribution < 1.29 is 52.8 Å². The van der Waals surface area contributed by atoms with Crippen molar-refractivity contribution in [2.75, 3.05) is 33.3 Å². The summed E-state index contributed by atoms with van der Waals surface area (Å²) in [7, 11) is 3.16. The zero-order valence-electron chi connectivity index (χ0n) is 26.7. The van der Waals surface area contributed by atoms with Crippen LogP contribution in [0, 0.1) is 6.92 Å². The number of thioether (sulfide) groups is 1. The third-order valence-corrected chi connectivity index (χ3v) is 11.4. The van der Waals surface area contributed by atoms with Crippen LogP contribution in [0.2, 0.25) is 0 Å². The summed E-state index contributed by atoms with van der Waals surface area (Å²) in [4.78, 5) is 69.7. The number of piperazine rings is 1. The number of carbonyl (C=O) groups is 5. The number of aliphatic hydroxyl groups excluding tert-OH is 1. The minimum atomic E-state index is -1.19. The van der Waals surface area contributed by atoms with Crippen molar-refractivity contribution in [1.82, 2.24) is 15.1 Å². The first-order valence-electron chi connectivity index (χ1n) is 15.3. The lowest BCUT2D eigenvalue weighted by atomic mass is 9.70. The summed E-state index contributed by atoms with van der Waals surface area (Å²) in [6.45, 7) is 5.54. The Morgan fingerprint density at radius 1 is 1.04 bits per heavy atom. The van der Waals surface area contributed by atoms with E-state index in [-0.39, 0.29) is 54.0 Å². The van der Waals surface area contributed by atoms with Crippen LogP contribution >= 0.6 is 11.8 Å². The van der Waals surface area contributed by atoms with Gasteiger partial charge >= 0.3 is 11.9 Å². The number of ketones is 2. The molecule has 2 fully saturated rings. The zero-order chi connectivity index (χ0) is 33.6. The molecule has 5 aliphatic heterocycles. The van der Waals surface area contributed by atoms with Gasteiger partial charge in [-0.1, -0.05) is 0 Å². The van der Waals surface area contributed by atoms with E-state index in [0.29, 0.717) is 33.8 Å². The quantitative estimate of drug-likeness (QED) is 0.265. The average molecular weight is 670 g/mol. The number of cyclic esters (lactones) is 1. The van der Waals surface area contributed by atoms with E-state index in [1.54, 1.807) is 13.8 Å². The van der Waals surface area contributed by atoms with Gasteiger partial charge in [0.25, 0.3) is 0 Å². The molecule has 47 heavy (non-hydrogen) atoms. The molecule has 6 aliphatic rings. The third-order valence-electron chi connectivity index (χ3n) is 10.0. The fourth-order valence-electron chi connectivity index (χ4n) is 8.13. The fraction of sp³-hybridized carbons (Fsp3) is 0.531. The summed E-state index contributed by atoms with van der Waals surface area (Å²) < 4.78 is 29.1. The van der Waals surface area contributed by atoms with Crippen LogP contribution in [0.25, 0.3) is 0 Å². The normalized spacial score (nSPS) is 31.6. The molecular formula is C32H35N3O11S. The van der Waals surface area contributed by atoms with Crippen LogP contribution in [0.4, 0.5) is 0 Å². The van der Waals surface area contributed by atoms with Crippen LogP contribution in [-0.4, -0.2) is 108 Å². The van der Waals surface area contributed by atoms with E-state index in [1.807, 2.05) is 16.8 Å². The number of likely N-dealkylation sites (N-methyl/N-ethyl adjacent to an activating group) is 1. The van der Waals surface area contributed by atoms with Gasteiger partial charge in [-0.05, 0) is 27.3 Å². The highest BCUT2D eigenvalue weighted by Gasteiger charge is 2.62. The molecule has 1 unspecified atom stereocenters. The molecule has 4 bridgehead atoms. The third kappa shape index (κ3) is 4.54. The van der Waals surface area contributed by atoms with Crippen molar-refractivity contribution >= 4 is 41.2 Å². The number of nitrogens with one attached hydrogen (secondary N) is 1. The Bertz CT molecular complexity index is 1720. The van der Waals surface area contributed by atoms with Gasteiger partial charge in [0.05, 0.1) is 30.5 Å². The summed E-state index contributed by atoms with van der Waals surface area (Å²) in [6, 6.07) is -3.93. The van der Waals surface area contributed by atoms with Crippen molar-refractivity contribution in [3.8, 4) is 17.2 Å². The minimum absolute atomic E-state index is 0.0316. The summed E-state index contributed by atoms with van der Waals surface area (Å²) in [5.41, 5.74) is 2.45. The van der Waals surface area contributed by atoms with Gasteiger partial charge in [0.2, 0.25) is 18.5 Å². The van der Waals surface area contributed by atoms with Gasteiger partial charge < -0.3 is 34.1 Å². The van der Waals surface area contributed by atoms with Crippen LogP contribution in [0.5, 0.6) is 17.2 Å². The molecule has 1 aliphatic carbocycles. The van der Waals surface area contributed by atoms with E-state index >= 15 is 0 Å². The first-order valence-corrected chi connectivity index (χ1v) is 16.4. The molecule has 0 spiro atoms. The smallest absolute Gasteiger partial charge is 0.329 e. The number of esters is 2. The SMILES string of the molecule is COC1=C(C)C(=O)C2=C(C1=O)[C@@H]1[C@@H]3[C@@H]4SCC(NC(C)=O)C(=O)OC[C@@H](c5c6c(c(C)c(OC(C)=O)c54)OCO6)N3[C@@H](O)[C@@H](C2)N1C. The number of ether oxygens (including phenoxy) is 5. The molecule has 0 radical (unpaired) electrons. The van der Waals surface area contributed by atoms with E-state index < -0.39 is 65.3 Å². The number of amides is 1. The Morgan fingerprint density at radius 3 is 2.45 bits per heavy atom. The molecule has 14 nitrogen and oxygen atoms in total. The van der Waals surface area contributed by atoms with Crippen molar-refractivity contribution in [3.63, 3.8) is 0 Å². The van der Waals surface area contributed by atoms with E-state index in [9.17, 15) is 29.1 Å². The topological polar surface area (TPSA) is 170 Å². The highest BCUT2D eigenvalue weighted by molar-refractivity contribution is 7.99. The Labute approximate surface area is 274 Å². The Balaban J connectivity index is 1.51. The number of methoxy groups -OCH3 is 1. The van der Waals surface area contributed by atoms with E-state index in [4.69, 9.17) is 23.7 Å². The van der Waals surface area contributed by atoms with Gasteiger partial charge in [-0.2, -0.15) is 0 Å². The van der Waals surface area contributed by atoms with Crippen molar-refractivity contribution in [3.05, 3.63) is 39.2 Å². The van der Waals surface area contributed by atoms with Crippen LogP contribution in [0.1, 0.15) is 55.2 Å². The van der Waals surface area contributed by atoms with Gasteiger partial charge in [-0.25, -0.2) is 4.79 Å². The van der Waals surface area contributed by atoms with Crippen molar-refractivity contribution in [2.45, 2.75) is 75.8 Å². The maximum Gasteiger partial charge on any atom is 0.329 e. The first-order chi connectivity index (χ1) is 22.4. The molecule has 0 saturated carbocycles. The number of hydrogen-bond acceptors (Lipinski definition) is 14. The minimum Gasteiger partial charge on any atom is -0.492 e. The molecule has 250 valence electrons. The predicted molar refractivity (Wildman–Crippen MR) is 163 cm³/mol. The van der Waals surface area contributed by atoms with Gasteiger partial charge in [0.1, 0.15) is 24.6 Å². The largest absolute Gasteiger partial charge is 0.492 e. The highest BCUT2D eigenvalue weighted by atomic mass is 32.2. The van der Waals surface area contributed by atoms with Gasteiger partial charge in [-0.15, -0.1) is 11.8 Å². The van der Waals surface area contributed by atoms with Gasteiger partial charge in [0.15, 0.2) is 23.0 Å². The molecule has 0 aromatic heterocycles. The summed E-state index contributed by atoms with van der Waals surface area (Å²) in [5, 5.41) is 14.2. The van der Waals surface area contributed by atoms with Crippen LogP contribution in [0.3, 0.4) is 0 Å². The molecule has 1 amide bonds. The lowest BCUT2D eigenvalue weighted by molar-refractivity contribution is -0.179. The number of allylic oxidation sites excluding steroid dienone is 2. The molecule has 5 heterocycles. The molecular weight excluding hydrogens is 634 g/mol. The summed E-state index contributed by atoms with van der Waals surface area (Å²) in [6.07, 6.45) is -1.08. The summed E-state index contributed by atoms with van der Waals surface area (Å²) in [5.74, 6) is -1.35. The molecule has 2 N–H and O–H groups in total. The van der Waals surface area contributed by atoms with E-state index in [0.717, 1.165) is 0 Å². The number of rotatable bonds is 3. The highest BCUT2D eigenvalue weighted by Crippen LogP contribution is 2.62. The molecule has 2 saturated heterocycles. The molecule has 7 rings (SSSR count). The predicted octanol–water partition coefficient (Wildman–Crippen LogP) is 0.984. The van der Waals surface area contributed by atoms with Crippen LogP contribution in [0.15, 0.2) is 22.5 Å². The molecule has 7 atom stereocenters. The molecule has 15 heteroatoms. The lowest BCUT2D eigenvalue weighted by Crippen LogP contribution is -2.73. The number of aliphatic hydroxyl groups is 1. The van der Waals surface area contributed by atoms with Crippen molar-refractivity contribution in [1.29, 1.82) is 0 Å². The number of fused-ring (bicyclic) bond motifs is 8. The van der Waals surface area contributed by atoms with Gasteiger partial charge in [0, 0.05) is 59.1 Å². The van der Waals surface area contributed by atoms with Crippen molar-refractivity contribution in [2.24, 2.45) is 0 Å². The fourth-order valence-corrected chi connectivity index (χ4v) is 9.63. The monoisotopic (exact) mass is 669 g/mol. The Morgan fingerprint density at radius 2 is 1.77 bits per heavy atom. The molecule has 1 aromatic rings. The second kappa shape index (κ2) is 11.4. The standard InChI is InChI=1S/C32H35N3O11S/c1-11-24(38)15-7-17-31(40)35-18-8-43-32(41)16(33-13(3)36)9-47-30(23(35)22(34(17)5)19(15)25(39)27(11)42-6)21-20(18)29-28(44-10-45-29)12(2)26(21)46-14(4)37/h16-18,22-23,30-31,40H,7-10H2,1-6H3,(H,33,36)/t16?,17-,18+,22-,23-,30-,31+/m1/s1. The maximum atomic E-state index is 14.2. The van der Waals surface area contributed by atoms with E-state index in [1.165, 1.54) is 32.7 Å². The number of hydrogen-bond donors (Lipinski definition) is 2. The zero-order valence-corrected chi connectivity index (χ0v) is 27.5. The van der Waals surface area contributed by atoms with Crippen LogP contribution in [-0.2, 0) is 33.4 Å².